The van der Waals surface area contributed by atoms with Gasteiger partial charge in [0, 0.05) is 7.11 Å². The molecule has 3 N–H and O–H groups in total. The average molecular weight is 341 g/mol. The number of thiazole rings is 1. The maximum atomic E-state index is 10.2. The Kier molecular flexibility index (Phi) is 5.22. The molecule has 0 spiro atoms. The Labute approximate surface area is 137 Å². The van der Waals surface area contributed by atoms with Crippen LogP contribution in [0.5, 0.6) is 0 Å². The first-order valence-corrected chi connectivity index (χ1v) is 8.07. The molecule has 8 heteroatoms. The lowest BCUT2D eigenvalue weighted by Gasteiger charge is -2.41. The minimum atomic E-state index is -1.16. The highest BCUT2D eigenvalue weighted by Gasteiger charge is 2.45. The van der Waals surface area contributed by atoms with E-state index in [-0.39, 0.29) is 6.61 Å². The van der Waals surface area contributed by atoms with Gasteiger partial charge in [-0.05, 0) is 12.1 Å². The fourth-order valence-electron chi connectivity index (χ4n) is 2.59. The van der Waals surface area contributed by atoms with Crippen LogP contribution in [0.1, 0.15) is 5.01 Å². The van der Waals surface area contributed by atoms with Gasteiger partial charge in [0.05, 0.1) is 23.4 Å². The Morgan fingerprint density at radius 1 is 1.26 bits per heavy atom. The molecule has 2 heterocycles. The molecule has 7 nitrogen and oxygen atoms in total. The van der Waals surface area contributed by atoms with Crippen molar-refractivity contribution in [3.8, 4) is 0 Å². The predicted molar refractivity (Wildman–Crippen MR) is 83.0 cm³/mol. The van der Waals surface area contributed by atoms with Crippen molar-refractivity contribution >= 4 is 21.6 Å². The van der Waals surface area contributed by atoms with E-state index in [1.807, 2.05) is 24.3 Å². The first-order valence-electron chi connectivity index (χ1n) is 7.25. The van der Waals surface area contributed by atoms with Crippen molar-refractivity contribution < 1.29 is 29.5 Å². The molecule has 0 unspecified atom stereocenters. The topological polar surface area (TPSA) is 101 Å². The van der Waals surface area contributed by atoms with Crippen molar-refractivity contribution in [2.24, 2.45) is 0 Å². The lowest BCUT2D eigenvalue weighted by atomic mass is 9.99. The lowest BCUT2D eigenvalue weighted by Crippen LogP contribution is -2.59. The molecular formula is C15H19NO6S. The third-order valence-electron chi connectivity index (χ3n) is 3.79. The molecule has 1 fully saturated rings. The molecule has 126 valence electrons. The summed E-state index contributed by atoms with van der Waals surface area (Å²) in [5.74, 6) is 0. The Hall–Kier alpha value is -1.13. The number of aliphatic hydroxyl groups excluding tert-OH is 3. The van der Waals surface area contributed by atoms with Crippen LogP contribution in [0.25, 0.3) is 10.2 Å². The van der Waals surface area contributed by atoms with E-state index in [1.165, 1.54) is 18.4 Å². The van der Waals surface area contributed by atoms with Gasteiger partial charge in [-0.1, -0.05) is 12.1 Å². The summed E-state index contributed by atoms with van der Waals surface area (Å²) in [4.78, 5) is 4.44. The van der Waals surface area contributed by atoms with E-state index in [4.69, 9.17) is 14.2 Å². The van der Waals surface area contributed by atoms with Gasteiger partial charge in [0.15, 0.2) is 6.29 Å². The van der Waals surface area contributed by atoms with E-state index in [2.05, 4.69) is 4.98 Å². The molecule has 1 aromatic carbocycles. The second kappa shape index (κ2) is 7.18. The van der Waals surface area contributed by atoms with Crippen LogP contribution in [0, 0.1) is 0 Å². The molecule has 2 aromatic rings. The van der Waals surface area contributed by atoms with Gasteiger partial charge in [0.2, 0.25) is 0 Å². The Bertz CT molecular complexity index is 601. The highest BCUT2D eigenvalue weighted by atomic mass is 32.1. The molecular weight excluding hydrogens is 322 g/mol. The highest BCUT2D eigenvalue weighted by Crippen LogP contribution is 2.27. The molecule has 0 bridgehead atoms. The molecule has 1 aliphatic heterocycles. The van der Waals surface area contributed by atoms with Crippen LogP contribution in [0.2, 0.25) is 0 Å². The molecule has 1 aromatic heterocycles. The zero-order chi connectivity index (χ0) is 16.4. The summed E-state index contributed by atoms with van der Waals surface area (Å²) in [5, 5.41) is 30.4. The first-order chi connectivity index (χ1) is 11.1. The molecule has 0 amide bonds. The monoisotopic (exact) mass is 341 g/mol. The van der Waals surface area contributed by atoms with Gasteiger partial charge in [-0.3, -0.25) is 0 Å². The van der Waals surface area contributed by atoms with Crippen molar-refractivity contribution in [1.82, 2.24) is 4.98 Å². The number of para-hydroxylation sites is 1. The number of nitrogens with zero attached hydrogens (tertiary/aromatic N) is 1. The molecule has 0 saturated carbocycles. The van der Waals surface area contributed by atoms with Crippen LogP contribution in [-0.4, -0.2) is 64.7 Å². The van der Waals surface area contributed by atoms with E-state index in [0.29, 0.717) is 0 Å². The summed E-state index contributed by atoms with van der Waals surface area (Å²) in [5.41, 5.74) is 0.882. The minimum Gasteiger partial charge on any atom is -0.394 e. The van der Waals surface area contributed by atoms with Gasteiger partial charge in [0.25, 0.3) is 0 Å². The van der Waals surface area contributed by atoms with Crippen molar-refractivity contribution in [2.75, 3.05) is 13.7 Å². The summed E-state index contributed by atoms with van der Waals surface area (Å²) in [7, 11) is 1.38. The molecule has 1 aliphatic rings. The number of ether oxygens (including phenoxy) is 3. The van der Waals surface area contributed by atoms with Gasteiger partial charge in [-0.25, -0.2) is 4.98 Å². The number of fused-ring (bicyclic) bond motifs is 1. The van der Waals surface area contributed by atoms with Gasteiger partial charge in [-0.2, -0.15) is 0 Å². The van der Waals surface area contributed by atoms with E-state index in [0.717, 1.165) is 15.2 Å². The maximum absolute atomic E-state index is 10.2. The van der Waals surface area contributed by atoms with E-state index in [9.17, 15) is 15.3 Å². The number of hydrogen-bond acceptors (Lipinski definition) is 8. The Morgan fingerprint density at radius 2 is 2.04 bits per heavy atom. The summed E-state index contributed by atoms with van der Waals surface area (Å²) in [6, 6.07) is 7.73. The van der Waals surface area contributed by atoms with E-state index < -0.39 is 37.3 Å². The van der Waals surface area contributed by atoms with Gasteiger partial charge < -0.3 is 29.5 Å². The van der Waals surface area contributed by atoms with Crippen LogP contribution < -0.4 is 0 Å². The van der Waals surface area contributed by atoms with Crippen LogP contribution in [0.3, 0.4) is 0 Å². The number of rotatable bonds is 5. The van der Waals surface area contributed by atoms with Gasteiger partial charge >= 0.3 is 0 Å². The quantitative estimate of drug-likeness (QED) is 0.717. The molecule has 5 atom stereocenters. The van der Waals surface area contributed by atoms with Crippen molar-refractivity contribution in [1.29, 1.82) is 0 Å². The van der Waals surface area contributed by atoms with Gasteiger partial charge in [0.1, 0.15) is 29.4 Å². The van der Waals surface area contributed by atoms with E-state index in [1.54, 1.807) is 0 Å². The van der Waals surface area contributed by atoms with Crippen molar-refractivity contribution in [3.63, 3.8) is 0 Å². The van der Waals surface area contributed by atoms with Crippen LogP contribution in [-0.2, 0) is 20.8 Å². The fourth-order valence-corrected chi connectivity index (χ4v) is 3.48. The van der Waals surface area contributed by atoms with Crippen molar-refractivity contribution in [3.05, 3.63) is 29.3 Å². The SMILES string of the molecule is CO[C@@H]1O[C@H](CO)[C@H](O)[C@H](OCc2nc3ccccc3s2)[C@H]1O. The summed E-state index contributed by atoms with van der Waals surface area (Å²) in [6.45, 7) is -0.249. The molecule has 0 aliphatic carbocycles. The first kappa shape index (κ1) is 16.7. The van der Waals surface area contributed by atoms with Crippen LogP contribution in [0.4, 0.5) is 0 Å². The zero-order valence-corrected chi connectivity index (χ0v) is 13.3. The smallest absolute Gasteiger partial charge is 0.186 e. The fraction of sp³-hybridized carbons (Fsp3) is 0.533. The number of methoxy groups -OCH3 is 1. The predicted octanol–water partition coefficient (Wildman–Crippen LogP) is 0.267. The molecule has 0 radical (unpaired) electrons. The number of benzene rings is 1. The molecule has 23 heavy (non-hydrogen) atoms. The second-order valence-corrected chi connectivity index (χ2v) is 6.41. The summed E-state index contributed by atoms with van der Waals surface area (Å²) >= 11 is 1.49. The molecule has 3 rings (SSSR count). The largest absolute Gasteiger partial charge is 0.394 e. The Morgan fingerprint density at radius 3 is 2.74 bits per heavy atom. The van der Waals surface area contributed by atoms with Gasteiger partial charge in [-0.15, -0.1) is 11.3 Å². The third kappa shape index (κ3) is 3.38. The molecule has 1 saturated heterocycles. The summed E-state index contributed by atoms with van der Waals surface area (Å²) in [6.07, 6.45) is -5.08. The Balaban J connectivity index is 1.71. The third-order valence-corrected chi connectivity index (χ3v) is 4.80. The standard InChI is InChI=1S/C15H19NO6S/c1-20-15-13(19)14(12(18)9(6-17)22-15)21-7-11-16-8-4-2-3-5-10(8)23-11/h2-5,9,12-15,17-19H,6-7H2,1H3/t9-,12+,13-,14+,15-/m1/s1. The number of hydrogen-bond donors (Lipinski definition) is 3. The maximum Gasteiger partial charge on any atom is 0.186 e. The minimum absolute atomic E-state index is 0.146. The van der Waals surface area contributed by atoms with Crippen molar-refractivity contribution in [2.45, 2.75) is 37.3 Å². The van der Waals surface area contributed by atoms with Crippen LogP contribution in [0.15, 0.2) is 24.3 Å². The van der Waals surface area contributed by atoms with Crippen LogP contribution >= 0.6 is 11.3 Å². The second-order valence-electron chi connectivity index (χ2n) is 5.29. The highest BCUT2D eigenvalue weighted by molar-refractivity contribution is 7.18. The average Bonchev–Trinajstić information content (AvgIpc) is 2.98. The summed E-state index contributed by atoms with van der Waals surface area (Å²) < 4.78 is 17.0. The lowest BCUT2D eigenvalue weighted by molar-refractivity contribution is -0.303. The number of aromatic nitrogens is 1. The van der Waals surface area contributed by atoms with E-state index >= 15 is 0 Å². The normalized spacial score (nSPS) is 31.6. The zero-order valence-electron chi connectivity index (χ0n) is 12.5. The number of aliphatic hydroxyl groups is 3.